The first-order valence-electron chi connectivity index (χ1n) is 15.0. The molecule has 3 saturated heterocycles. The molecule has 0 unspecified atom stereocenters. The van der Waals surface area contributed by atoms with Crippen molar-refractivity contribution in [3.8, 4) is 0 Å². The van der Waals surface area contributed by atoms with Gasteiger partial charge < -0.3 is 35.5 Å². The molecule has 0 saturated carbocycles. The van der Waals surface area contributed by atoms with Crippen LogP contribution >= 0.6 is 0 Å². The van der Waals surface area contributed by atoms with Gasteiger partial charge in [-0.25, -0.2) is 4.99 Å². The number of carbonyl (C=O) groups is 1. The Labute approximate surface area is 251 Å². The van der Waals surface area contributed by atoms with E-state index in [0.717, 1.165) is 62.6 Å². The van der Waals surface area contributed by atoms with E-state index in [2.05, 4.69) is 22.2 Å². The van der Waals surface area contributed by atoms with E-state index in [0.29, 0.717) is 44.1 Å². The highest BCUT2D eigenvalue weighted by Crippen LogP contribution is 2.34. The van der Waals surface area contributed by atoms with Crippen LogP contribution in [0.15, 0.2) is 52.8 Å². The average molecular weight is 608 g/mol. The summed E-state index contributed by atoms with van der Waals surface area (Å²) in [4.78, 5) is 19.5. The molecule has 0 bridgehead atoms. The van der Waals surface area contributed by atoms with Gasteiger partial charge in [0.15, 0.2) is 0 Å². The predicted octanol–water partition coefficient (Wildman–Crippen LogP) is 4.06. The van der Waals surface area contributed by atoms with Gasteiger partial charge in [0.1, 0.15) is 5.70 Å². The van der Waals surface area contributed by atoms with Gasteiger partial charge in [-0.2, -0.15) is 13.2 Å². The molecular weight excluding hydrogens is 563 g/mol. The van der Waals surface area contributed by atoms with Crippen LogP contribution in [0, 0.1) is 0 Å². The number of rotatable bonds is 10. The zero-order valence-electron chi connectivity index (χ0n) is 25.0. The van der Waals surface area contributed by atoms with Crippen LogP contribution in [-0.4, -0.2) is 81.4 Å². The van der Waals surface area contributed by atoms with Gasteiger partial charge in [0.05, 0.1) is 36.8 Å². The van der Waals surface area contributed by atoms with Gasteiger partial charge >= 0.3 is 6.18 Å². The second-order valence-corrected chi connectivity index (χ2v) is 11.4. The van der Waals surface area contributed by atoms with Crippen molar-refractivity contribution in [2.75, 3.05) is 40.0 Å². The van der Waals surface area contributed by atoms with Gasteiger partial charge in [0, 0.05) is 56.7 Å². The number of nitrogens with zero attached hydrogens (tertiary/aromatic N) is 2. The molecule has 4 N–H and O–H groups in total. The van der Waals surface area contributed by atoms with E-state index in [1.54, 1.807) is 18.9 Å². The van der Waals surface area contributed by atoms with Gasteiger partial charge in [-0.15, -0.1) is 0 Å². The predicted molar refractivity (Wildman–Crippen MR) is 158 cm³/mol. The number of hydrogen-bond donors (Lipinski definition) is 3. The fourth-order valence-electron chi connectivity index (χ4n) is 5.92. The standard InChI is InChI=1S/C31H44F3N5O4/c1-20(21(2)36-17-25-5-4-6-27(43-25)22-7-9-23(10-8-22)31(32,33)34)29(37-19-35)30(40)39-14-11-24(12-15-39)38-26-13-16-42-18-28(26)41-3/h7-10,19,24-28,36,38H,2,4-6,11-18H2,1,3H3,(H2,35,37)/b29-20-/t25-,26-,27+,28+/m0/s1. The molecule has 1 aromatic rings. The van der Waals surface area contributed by atoms with E-state index in [1.807, 2.05) is 0 Å². The van der Waals surface area contributed by atoms with Gasteiger partial charge in [0.2, 0.25) is 0 Å². The third-order valence-corrected chi connectivity index (χ3v) is 8.55. The maximum atomic E-state index is 13.5. The number of hydrogen-bond acceptors (Lipinski definition) is 7. The van der Waals surface area contributed by atoms with Crippen molar-refractivity contribution < 1.29 is 32.2 Å². The Kier molecular flexibility index (Phi) is 11.6. The summed E-state index contributed by atoms with van der Waals surface area (Å²) >= 11 is 0. The Morgan fingerprint density at radius 2 is 1.91 bits per heavy atom. The molecule has 0 spiro atoms. The molecule has 1 amide bonds. The minimum atomic E-state index is -4.37. The van der Waals surface area contributed by atoms with E-state index in [4.69, 9.17) is 19.9 Å². The number of likely N-dealkylation sites (tertiary alicyclic amines) is 1. The van der Waals surface area contributed by atoms with Crippen LogP contribution < -0.4 is 16.4 Å². The smallest absolute Gasteiger partial charge is 0.390 e. The number of amides is 1. The largest absolute Gasteiger partial charge is 0.416 e. The summed E-state index contributed by atoms with van der Waals surface area (Å²) < 4.78 is 56.1. The first-order valence-corrected chi connectivity index (χ1v) is 15.0. The number of benzene rings is 1. The zero-order valence-corrected chi connectivity index (χ0v) is 25.0. The lowest BCUT2D eigenvalue weighted by atomic mass is 9.97. The molecule has 4 atom stereocenters. The maximum Gasteiger partial charge on any atom is 0.416 e. The SMILES string of the molecule is C=C(NC[C@@H]1CCC[C@H](c2ccc(C(F)(F)F)cc2)O1)/C(C)=C(\N=C/N)C(=O)N1CCC(N[C@H]2CCOC[C@H]2OC)CC1. The number of ether oxygens (including phenoxy) is 3. The number of methoxy groups -OCH3 is 1. The Hall–Kier alpha value is -2.93. The Bertz CT molecular complexity index is 1150. The number of allylic oxidation sites excluding steroid dienone is 1. The second-order valence-electron chi connectivity index (χ2n) is 11.4. The number of carbonyl (C=O) groups excluding carboxylic acids is 1. The van der Waals surface area contributed by atoms with E-state index >= 15 is 0 Å². The Balaban J connectivity index is 1.30. The summed E-state index contributed by atoms with van der Waals surface area (Å²) in [7, 11) is 1.70. The molecule has 3 heterocycles. The monoisotopic (exact) mass is 607 g/mol. The first kappa shape index (κ1) is 33.0. The van der Waals surface area contributed by atoms with Gasteiger partial charge in [-0.1, -0.05) is 18.7 Å². The van der Waals surface area contributed by atoms with Gasteiger partial charge in [-0.3, -0.25) is 4.79 Å². The summed E-state index contributed by atoms with van der Waals surface area (Å²) in [6.45, 7) is 8.83. The molecule has 9 nitrogen and oxygen atoms in total. The molecule has 0 radical (unpaired) electrons. The summed E-state index contributed by atoms with van der Waals surface area (Å²) in [6.07, 6.45) is 1.27. The summed E-state index contributed by atoms with van der Waals surface area (Å²) in [5.74, 6) is -0.197. The highest BCUT2D eigenvalue weighted by atomic mass is 19.4. The number of nitrogens with one attached hydrogen (secondary N) is 2. The molecule has 12 heteroatoms. The van der Waals surface area contributed by atoms with E-state index < -0.39 is 11.7 Å². The van der Waals surface area contributed by atoms with Crippen LogP contribution in [0.1, 0.15) is 62.7 Å². The van der Waals surface area contributed by atoms with Gasteiger partial charge in [-0.05, 0) is 63.1 Å². The van der Waals surface area contributed by atoms with Crippen LogP contribution in [0.4, 0.5) is 13.2 Å². The number of aliphatic imine (C=N–C) groups is 1. The first-order chi connectivity index (χ1) is 20.6. The highest BCUT2D eigenvalue weighted by Gasteiger charge is 2.32. The van der Waals surface area contributed by atoms with E-state index in [9.17, 15) is 18.0 Å². The third-order valence-electron chi connectivity index (χ3n) is 8.55. The van der Waals surface area contributed by atoms with Crippen molar-refractivity contribution in [2.24, 2.45) is 10.7 Å². The molecule has 3 aliphatic heterocycles. The molecule has 1 aromatic carbocycles. The topological polar surface area (TPSA) is 110 Å². The molecule has 4 rings (SSSR count). The van der Waals surface area contributed by atoms with Crippen LogP contribution in [0.2, 0.25) is 0 Å². The van der Waals surface area contributed by atoms with Crippen molar-refractivity contribution >= 4 is 12.2 Å². The third kappa shape index (κ3) is 8.81. The van der Waals surface area contributed by atoms with Gasteiger partial charge in [0.25, 0.3) is 5.91 Å². The number of alkyl halides is 3. The van der Waals surface area contributed by atoms with Crippen LogP contribution in [-0.2, 0) is 25.2 Å². The molecule has 3 aliphatic rings. The Morgan fingerprint density at radius 1 is 1.19 bits per heavy atom. The quantitative estimate of drug-likeness (QED) is 0.159. The number of halogens is 3. The van der Waals surface area contributed by atoms with Crippen molar-refractivity contribution in [3.05, 3.63) is 58.9 Å². The minimum Gasteiger partial charge on any atom is -0.390 e. The lowest BCUT2D eigenvalue weighted by molar-refractivity contribution is -0.137. The van der Waals surface area contributed by atoms with Crippen molar-refractivity contribution in [1.82, 2.24) is 15.5 Å². The zero-order chi connectivity index (χ0) is 31.0. The number of piperidine rings is 1. The Morgan fingerprint density at radius 3 is 2.56 bits per heavy atom. The van der Waals surface area contributed by atoms with Crippen molar-refractivity contribution in [2.45, 2.75) is 82.0 Å². The van der Waals surface area contributed by atoms with Crippen LogP contribution in [0.25, 0.3) is 0 Å². The fraction of sp³-hybridized carbons (Fsp3) is 0.613. The van der Waals surface area contributed by atoms with E-state index in [1.165, 1.54) is 12.1 Å². The lowest BCUT2D eigenvalue weighted by Crippen LogP contribution is -2.54. The normalized spacial score (nSPS) is 26.3. The van der Waals surface area contributed by atoms with Crippen molar-refractivity contribution in [1.29, 1.82) is 0 Å². The summed E-state index contributed by atoms with van der Waals surface area (Å²) in [5, 5.41) is 6.97. The highest BCUT2D eigenvalue weighted by molar-refractivity contribution is 5.95. The average Bonchev–Trinajstić information content (AvgIpc) is 3.02. The molecule has 3 fully saturated rings. The lowest BCUT2D eigenvalue weighted by Gasteiger charge is -2.38. The minimum absolute atomic E-state index is 0.0257. The molecule has 238 valence electrons. The van der Waals surface area contributed by atoms with Crippen LogP contribution in [0.3, 0.4) is 0 Å². The molecular formula is C31H44F3N5O4. The van der Waals surface area contributed by atoms with Crippen LogP contribution in [0.5, 0.6) is 0 Å². The molecule has 0 aromatic heterocycles. The maximum absolute atomic E-state index is 13.5. The summed E-state index contributed by atoms with van der Waals surface area (Å²) in [6, 6.07) is 5.67. The second kappa shape index (κ2) is 15.2. The molecule has 43 heavy (non-hydrogen) atoms. The fourth-order valence-corrected chi connectivity index (χ4v) is 5.92. The van der Waals surface area contributed by atoms with Crippen molar-refractivity contribution in [3.63, 3.8) is 0 Å². The molecule has 0 aliphatic carbocycles. The van der Waals surface area contributed by atoms with E-state index in [-0.39, 0.29) is 42.0 Å². The summed E-state index contributed by atoms with van der Waals surface area (Å²) in [5.41, 5.74) is 7.04. The number of nitrogens with two attached hydrogens (primary N) is 1.